The Morgan fingerprint density at radius 3 is 2.03 bits per heavy atom. The third kappa shape index (κ3) is 8.12. The molecule has 2 aromatic carbocycles. The summed E-state index contributed by atoms with van der Waals surface area (Å²) in [6, 6.07) is 11.0. The fourth-order valence-corrected chi connectivity index (χ4v) is 4.79. The smallest absolute Gasteiger partial charge is 0.244 e. The Hall–Kier alpha value is -2.29. The second-order valence-electron chi connectivity index (χ2n) is 9.43. The lowest BCUT2D eigenvalue weighted by Gasteiger charge is -2.33. The molecule has 10 heteroatoms. The van der Waals surface area contributed by atoms with Gasteiger partial charge in [-0.3, -0.25) is 13.9 Å². The zero-order valence-electron chi connectivity index (χ0n) is 20.9. The van der Waals surface area contributed by atoms with Crippen molar-refractivity contribution >= 4 is 50.7 Å². The number of hydrogen-bond acceptors (Lipinski definition) is 4. The largest absolute Gasteiger partial charge is 0.350 e. The van der Waals surface area contributed by atoms with Gasteiger partial charge in [0.1, 0.15) is 12.6 Å². The summed E-state index contributed by atoms with van der Waals surface area (Å²) in [5.41, 5.74) is 1.34. The van der Waals surface area contributed by atoms with Crippen LogP contribution in [0.5, 0.6) is 0 Å². The molecule has 2 rings (SSSR count). The average Bonchev–Trinajstić information content (AvgIpc) is 2.75. The molecule has 35 heavy (non-hydrogen) atoms. The summed E-state index contributed by atoms with van der Waals surface area (Å²) in [6.07, 6.45) is 1.84. The SMILES string of the molecule is CCc1ccc(N(CC(=O)N(Cc2c(Cl)cccc2Cl)[C@@H](C)C(=O)NC(C)(C)C)S(C)(=O)=O)cc1. The summed E-state index contributed by atoms with van der Waals surface area (Å²) in [5.74, 6) is -0.949. The van der Waals surface area contributed by atoms with Crippen LogP contribution in [0.2, 0.25) is 10.0 Å². The van der Waals surface area contributed by atoms with Gasteiger partial charge in [0.25, 0.3) is 0 Å². The topological polar surface area (TPSA) is 86.8 Å². The molecule has 7 nitrogen and oxygen atoms in total. The minimum absolute atomic E-state index is 0.0670. The number of nitrogens with one attached hydrogen (secondary N) is 1. The number of rotatable bonds is 9. The van der Waals surface area contributed by atoms with Gasteiger partial charge in [-0.25, -0.2) is 8.42 Å². The Morgan fingerprint density at radius 1 is 1.03 bits per heavy atom. The number of anilines is 1. The Kier molecular flexibility index (Phi) is 9.62. The first-order valence-electron chi connectivity index (χ1n) is 11.2. The molecule has 0 aliphatic heterocycles. The number of halogens is 2. The Labute approximate surface area is 218 Å². The molecule has 192 valence electrons. The van der Waals surface area contributed by atoms with E-state index in [2.05, 4.69) is 5.32 Å². The Morgan fingerprint density at radius 2 is 1.57 bits per heavy atom. The van der Waals surface area contributed by atoms with Crippen LogP contribution in [0, 0.1) is 0 Å². The zero-order valence-corrected chi connectivity index (χ0v) is 23.3. The molecule has 0 radical (unpaired) electrons. The van der Waals surface area contributed by atoms with Crippen molar-refractivity contribution in [2.24, 2.45) is 0 Å². The lowest BCUT2D eigenvalue weighted by Crippen LogP contribution is -2.54. The van der Waals surface area contributed by atoms with E-state index in [1.807, 2.05) is 39.8 Å². The van der Waals surface area contributed by atoms with Gasteiger partial charge in [0.15, 0.2) is 0 Å². The van der Waals surface area contributed by atoms with Gasteiger partial charge in [-0.2, -0.15) is 0 Å². The van der Waals surface area contributed by atoms with Gasteiger partial charge in [-0.1, -0.05) is 48.3 Å². The Bertz CT molecular complexity index is 1140. The first-order chi connectivity index (χ1) is 16.1. The maximum atomic E-state index is 13.6. The average molecular weight is 543 g/mol. The number of aryl methyl sites for hydroxylation is 1. The van der Waals surface area contributed by atoms with Crippen molar-refractivity contribution in [1.82, 2.24) is 10.2 Å². The van der Waals surface area contributed by atoms with Crippen LogP contribution in [0.25, 0.3) is 0 Å². The summed E-state index contributed by atoms with van der Waals surface area (Å²) in [4.78, 5) is 27.9. The maximum Gasteiger partial charge on any atom is 0.244 e. The van der Waals surface area contributed by atoms with E-state index in [4.69, 9.17) is 23.2 Å². The van der Waals surface area contributed by atoms with E-state index in [-0.39, 0.29) is 12.5 Å². The van der Waals surface area contributed by atoms with Crippen LogP contribution in [0.15, 0.2) is 42.5 Å². The molecule has 1 atom stereocenters. The number of carbonyl (C=O) groups excluding carboxylic acids is 2. The predicted molar refractivity (Wildman–Crippen MR) is 142 cm³/mol. The molecule has 0 aromatic heterocycles. The highest BCUT2D eigenvalue weighted by Gasteiger charge is 2.32. The first kappa shape index (κ1) is 28.9. The fourth-order valence-electron chi connectivity index (χ4n) is 3.42. The molecule has 0 fully saturated rings. The third-order valence-corrected chi connectivity index (χ3v) is 7.22. The van der Waals surface area contributed by atoms with Crippen molar-refractivity contribution in [2.75, 3.05) is 17.1 Å². The summed E-state index contributed by atoms with van der Waals surface area (Å²) in [7, 11) is -3.80. The number of carbonyl (C=O) groups is 2. The van der Waals surface area contributed by atoms with Crippen LogP contribution in [0.1, 0.15) is 45.7 Å². The molecule has 0 aliphatic carbocycles. The Balaban J connectivity index is 2.45. The summed E-state index contributed by atoms with van der Waals surface area (Å²) in [6.45, 7) is 8.53. The number of benzene rings is 2. The normalized spacial score (nSPS) is 12.7. The van der Waals surface area contributed by atoms with Crippen molar-refractivity contribution in [1.29, 1.82) is 0 Å². The second kappa shape index (κ2) is 11.6. The highest BCUT2D eigenvalue weighted by molar-refractivity contribution is 7.92. The number of nitrogens with zero attached hydrogens (tertiary/aromatic N) is 2. The lowest BCUT2D eigenvalue weighted by molar-refractivity contribution is -0.140. The summed E-state index contributed by atoms with van der Waals surface area (Å²) < 4.78 is 26.3. The van der Waals surface area contributed by atoms with Gasteiger partial charge in [-0.05, 0) is 63.9 Å². The van der Waals surface area contributed by atoms with Gasteiger partial charge < -0.3 is 10.2 Å². The van der Waals surface area contributed by atoms with E-state index in [9.17, 15) is 18.0 Å². The molecule has 1 N–H and O–H groups in total. The molecule has 0 heterocycles. The maximum absolute atomic E-state index is 13.6. The van der Waals surface area contributed by atoms with Crippen LogP contribution in [0.3, 0.4) is 0 Å². The highest BCUT2D eigenvalue weighted by Crippen LogP contribution is 2.27. The first-order valence-corrected chi connectivity index (χ1v) is 13.9. The van der Waals surface area contributed by atoms with Gasteiger partial charge in [0, 0.05) is 27.7 Å². The van der Waals surface area contributed by atoms with Crippen LogP contribution in [-0.2, 0) is 32.6 Å². The van der Waals surface area contributed by atoms with Gasteiger partial charge in [0.05, 0.1) is 11.9 Å². The van der Waals surface area contributed by atoms with Gasteiger partial charge in [0.2, 0.25) is 21.8 Å². The number of hydrogen-bond donors (Lipinski definition) is 1. The van der Waals surface area contributed by atoms with Crippen LogP contribution >= 0.6 is 23.2 Å². The van der Waals surface area contributed by atoms with Crippen molar-refractivity contribution in [3.05, 3.63) is 63.6 Å². The van der Waals surface area contributed by atoms with E-state index in [1.165, 1.54) is 4.90 Å². The van der Waals surface area contributed by atoms with Crippen LogP contribution < -0.4 is 9.62 Å². The molecule has 0 saturated heterocycles. The second-order valence-corrected chi connectivity index (χ2v) is 12.1. The van der Waals surface area contributed by atoms with E-state index in [0.29, 0.717) is 21.3 Å². The number of amides is 2. The third-order valence-electron chi connectivity index (χ3n) is 5.37. The van der Waals surface area contributed by atoms with E-state index in [0.717, 1.165) is 22.5 Å². The van der Waals surface area contributed by atoms with E-state index >= 15 is 0 Å². The van der Waals surface area contributed by atoms with Crippen molar-refractivity contribution < 1.29 is 18.0 Å². The minimum atomic E-state index is -3.80. The molecule has 0 unspecified atom stereocenters. The molecule has 0 saturated carbocycles. The molecular formula is C25H33Cl2N3O4S. The van der Waals surface area contributed by atoms with E-state index in [1.54, 1.807) is 37.3 Å². The quantitative estimate of drug-likeness (QED) is 0.500. The minimum Gasteiger partial charge on any atom is -0.350 e. The molecule has 0 spiro atoms. The van der Waals surface area contributed by atoms with Crippen LogP contribution in [-0.4, -0.2) is 49.5 Å². The van der Waals surface area contributed by atoms with Gasteiger partial charge in [-0.15, -0.1) is 0 Å². The summed E-state index contributed by atoms with van der Waals surface area (Å²) >= 11 is 12.7. The highest BCUT2D eigenvalue weighted by atomic mass is 35.5. The summed E-state index contributed by atoms with van der Waals surface area (Å²) in [5, 5.41) is 3.55. The standard InChI is InChI=1S/C25H33Cl2N3O4S/c1-7-18-11-13-19(14-12-18)30(35(6,33)34)16-23(31)29(17(2)24(32)28-25(3,4)5)15-20-21(26)9-8-10-22(20)27/h8-14,17H,7,15-16H2,1-6H3,(H,28,32)/t17-/m0/s1. The lowest BCUT2D eigenvalue weighted by atomic mass is 10.1. The zero-order chi connectivity index (χ0) is 26.6. The van der Waals surface area contributed by atoms with E-state index < -0.39 is 34.1 Å². The fraction of sp³-hybridized carbons (Fsp3) is 0.440. The predicted octanol–water partition coefficient (Wildman–Crippen LogP) is 4.65. The molecular weight excluding hydrogens is 509 g/mol. The molecule has 0 aliphatic rings. The van der Waals surface area contributed by atoms with Crippen molar-refractivity contribution in [2.45, 2.75) is 59.2 Å². The molecule has 0 bridgehead atoms. The van der Waals surface area contributed by atoms with Crippen molar-refractivity contribution in [3.63, 3.8) is 0 Å². The van der Waals surface area contributed by atoms with Crippen molar-refractivity contribution in [3.8, 4) is 0 Å². The number of sulfonamides is 1. The monoisotopic (exact) mass is 541 g/mol. The molecule has 2 aromatic rings. The van der Waals surface area contributed by atoms with Crippen LogP contribution in [0.4, 0.5) is 5.69 Å². The molecule has 2 amide bonds. The van der Waals surface area contributed by atoms with Gasteiger partial charge >= 0.3 is 0 Å².